The number of ether oxygens (including phenoxy) is 2. The van der Waals surface area contributed by atoms with Gasteiger partial charge in [-0.1, -0.05) is 15.9 Å². The molecule has 142 valence electrons. The molecule has 2 aromatic carbocycles. The van der Waals surface area contributed by atoms with Crippen LogP contribution in [0.15, 0.2) is 62.8 Å². The smallest absolute Gasteiger partial charge is 0.214 e. The van der Waals surface area contributed by atoms with Crippen molar-refractivity contribution < 1.29 is 14.6 Å². The van der Waals surface area contributed by atoms with Crippen LogP contribution in [0.4, 0.5) is 0 Å². The molecule has 0 saturated carbocycles. The fourth-order valence-electron chi connectivity index (χ4n) is 3.73. The van der Waals surface area contributed by atoms with Gasteiger partial charge < -0.3 is 14.6 Å². The zero-order chi connectivity index (χ0) is 19.3. The van der Waals surface area contributed by atoms with Crippen molar-refractivity contribution in [3.8, 4) is 17.2 Å². The molecule has 2 aliphatic heterocycles. The van der Waals surface area contributed by atoms with Crippen molar-refractivity contribution >= 4 is 33.0 Å². The van der Waals surface area contributed by atoms with Crippen LogP contribution < -0.4 is 9.47 Å². The van der Waals surface area contributed by atoms with Gasteiger partial charge in [0.2, 0.25) is 6.23 Å². The average molecular weight is 457 g/mol. The van der Waals surface area contributed by atoms with E-state index in [1.54, 1.807) is 30.6 Å². The molecule has 0 aliphatic carbocycles. The van der Waals surface area contributed by atoms with E-state index in [-0.39, 0.29) is 18.0 Å². The van der Waals surface area contributed by atoms with Gasteiger partial charge in [0.15, 0.2) is 0 Å². The minimum Gasteiger partial charge on any atom is -0.507 e. The van der Waals surface area contributed by atoms with Crippen molar-refractivity contribution in [2.45, 2.75) is 18.7 Å². The molecule has 3 heterocycles. The summed E-state index contributed by atoms with van der Waals surface area (Å²) in [4.78, 5) is 0. The highest BCUT2D eigenvalue weighted by Crippen LogP contribution is 2.49. The summed E-state index contributed by atoms with van der Waals surface area (Å²) in [6.45, 7) is 0. The molecule has 2 aliphatic rings. The van der Waals surface area contributed by atoms with Crippen LogP contribution >= 0.6 is 27.3 Å². The van der Waals surface area contributed by atoms with Gasteiger partial charge in [-0.2, -0.15) is 16.4 Å². The minimum atomic E-state index is -0.296. The van der Waals surface area contributed by atoms with Gasteiger partial charge in [0, 0.05) is 27.6 Å². The predicted molar refractivity (Wildman–Crippen MR) is 112 cm³/mol. The van der Waals surface area contributed by atoms with Gasteiger partial charge in [-0.25, -0.2) is 5.01 Å². The quantitative estimate of drug-likeness (QED) is 0.567. The summed E-state index contributed by atoms with van der Waals surface area (Å²) in [7, 11) is 1.62. The number of hydrogen-bond acceptors (Lipinski definition) is 6. The lowest BCUT2D eigenvalue weighted by atomic mass is 9.95. The third-order valence-corrected chi connectivity index (χ3v) is 6.29. The lowest BCUT2D eigenvalue weighted by Crippen LogP contribution is -2.33. The fourth-order valence-corrected chi connectivity index (χ4v) is 4.77. The zero-order valence-electron chi connectivity index (χ0n) is 15.0. The first-order chi connectivity index (χ1) is 13.6. The van der Waals surface area contributed by atoms with Crippen molar-refractivity contribution in [1.29, 1.82) is 0 Å². The highest BCUT2D eigenvalue weighted by atomic mass is 79.9. The Bertz CT molecular complexity index is 1070. The summed E-state index contributed by atoms with van der Waals surface area (Å²) in [5.41, 5.74) is 3.66. The minimum absolute atomic E-state index is 0.0340. The number of hydrazone groups is 1. The van der Waals surface area contributed by atoms with Crippen LogP contribution in [0.2, 0.25) is 0 Å². The number of nitrogens with zero attached hydrogens (tertiary/aromatic N) is 2. The number of rotatable bonds is 3. The van der Waals surface area contributed by atoms with Crippen LogP contribution in [-0.2, 0) is 0 Å². The number of phenolic OH excluding ortho intramolecular Hbond substituents is 1. The van der Waals surface area contributed by atoms with Crippen molar-refractivity contribution in [2.24, 2.45) is 5.10 Å². The van der Waals surface area contributed by atoms with Crippen LogP contribution in [0, 0.1) is 0 Å². The number of benzene rings is 2. The molecule has 5 rings (SSSR count). The molecule has 3 aromatic rings. The summed E-state index contributed by atoms with van der Waals surface area (Å²) in [5, 5.41) is 21.4. The number of hydrogen-bond donors (Lipinski definition) is 1. The molecule has 28 heavy (non-hydrogen) atoms. The average Bonchev–Trinajstić information content (AvgIpc) is 3.38. The zero-order valence-corrected chi connectivity index (χ0v) is 17.4. The highest BCUT2D eigenvalue weighted by molar-refractivity contribution is 9.10. The van der Waals surface area contributed by atoms with Crippen molar-refractivity contribution in [2.75, 3.05) is 7.11 Å². The molecule has 0 spiro atoms. The Morgan fingerprint density at radius 2 is 2.14 bits per heavy atom. The number of methoxy groups -OCH3 is 1. The normalized spacial score (nSPS) is 20.2. The van der Waals surface area contributed by atoms with Crippen molar-refractivity contribution in [3.63, 3.8) is 0 Å². The van der Waals surface area contributed by atoms with Crippen LogP contribution in [0.5, 0.6) is 17.2 Å². The van der Waals surface area contributed by atoms with E-state index in [0.29, 0.717) is 17.7 Å². The Labute approximate surface area is 175 Å². The molecule has 0 unspecified atom stereocenters. The van der Waals surface area contributed by atoms with E-state index in [9.17, 15) is 5.11 Å². The topological polar surface area (TPSA) is 54.3 Å². The standard InChI is InChI=1S/C21H17BrN2O3S/c1-26-14-3-4-19(25)15(9-14)17-10-18-16-8-13(22)2-5-20(16)27-21(24(18)23-17)12-6-7-28-11-12/h2-9,11,18,21,25H,10H2,1H3/t18-,21-/m1/s1. The summed E-state index contributed by atoms with van der Waals surface area (Å²) in [6, 6.07) is 13.4. The number of fused-ring (bicyclic) bond motifs is 3. The first kappa shape index (κ1) is 17.6. The summed E-state index contributed by atoms with van der Waals surface area (Å²) in [5.74, 6) is 1.75. The predicted octanol–water partition coefficient (Wildman–Crippen LogP) is 5.47. The highest BCUT2D eigenvalue weighted by Gasteiger charge is 2.41. The molecule has 0 bridgehead atoms. The van der Waals surface area contributed by atoms with Gasteiger partial charge in [-0.15, -0.1) is 0 Å². The van der Waals surface area contributed by atoms with E-state index >= 15 is 0 Å². The lowest BCUT2D eigenvalue weighted by molar-refractivity contribution is -0.0188. The third kappa shape index (κ3) is 2.86. The Hall–Kier alpha value is -2.51. The largest absolute Gasteiger partial charge is 0.507 e. The molecule has 1 N–H and O–H groups in total. The van der Waals surface area contributed by atoms with Gasteiger partial charge >= 0.3 is 0 Å². The second kappa shape index (κ2) is 6.83. The first-order valence-electron chi connectivity index (χ1n) is 8.85. The number of thiophene rings is 1. The van der Waals surface area contributed by atoms with Crippen molar-refractivity contribution in [3.05, 3.63) is 74.4 Å². The Morgan fingerprint density at radius 3 is 2.93 bits per heavy atom. The number of phenols is 1. The van der Waals surface area contributed by atoms with Gasteiger partial charge in [0.05, 0.1) is 18.9 Å². The van der Waals surface area contributed by atoms with Crippen LogP contribution in [0.1, 0.15) is 35.4 Å². The van der Waals surface area contributed by atoms with E-state index in [0.717, 1.165) is 27.1 Å². The lowest BCUT2D eigenvalue weighted by Gasteiger charge is -2.37. The van der Waals surface area contributed by atoms with Gasteiger partial charge in [0.25, 0.3) is 0 Å². The van der Waals surface area contributed by atoms with E-state index in [4.69, 9.17) is 14.6 Å². The maximum atomic E-state index is 10.4. The van der Waals surface area contributed by atoms with E-state index in [2.05, 4.69) is 33.4 Å². The second-order valence-electron chi connectivity index (χ2n) is 6.74. The molecule has 0 radical (unpaired) electrons. The van der Waals surface area contributed by atoms with Crippen LogP contribution in [0.3, 0.4) is 0 Å². The van der Waals surface area contributed by atoms with Crippen molar-refractivity contribution in [1.82, 2.24) is 5.01 Å². The van der Waals surface area contributed by atoms with Gasteiger partial charge in [-0.05, 0) is 53.2 Å². The molecule has 5 nitrogen and oxygen atoms in total. The number of aromatic hydroxyl groups is 1. The number of halogens is 1. The molecule has 0 amide bonds. The first-order valence-corrected chi connectivity index (χ1v) is 10.6. The summed E-state index contributed by atoms with van der Waals surface area (Å²) in [6.07, 6.45) is 0.379. The van der Waals surface area contributed by atoms with E-state index < -0.39 is 0 Å². The maximum absolute atomic E-state index is 10.4. The van der Waals surface area contributed by atoms with Crippen LogP contribution in [-0.4, -0.2) is 22.9 Å². The summed E-state index contributed by atoms with van der Waals surface area (Å²) < 4.78 is 12.7. The molecule has 0 saturated heterocycles. The molecule has 7 heteroatoms. The second-order valence-corrected chi connectivity index (χ2v) is 8.43. The molecule has 2 atom stereocenters. The maximum Gasteiger partial charge on any atom is 0.214 e. The summed E-state index contributed by atoms with van der Waals surface area (Å²) >= 11 is 5.20. The molecule has 0 fully saturated rings. The van der Waals surface area contributed by atoms with Gasteiger partial charge in [-0.3, -0.25) is 0 Å². The SMILES string of the molecule is COc1ccc(O)c(C2=NN3[C@H](C2)c2cc(Br)ccc2O[C@@H]3c2ccsc2)c1. The Kier molecular flexibility index (Phi) is 4.29. The molecule has 1 aromatic heterocycles. The Morgan fingerprint density at radius 1 is 1.25 bits per heavy atom. The van der Waals surface area contributed by atoms with Crippen LogP contribution in [0.25, 0.3) is 0 Å². The monoisotopic (exact) mass is 456 g/mol. The molecular weight excluding hydrogens is 440 g/mol. The van der Waals surface area contributed by atoms with E-state index in [1.165, 1.54) is 0 Å². The molecular formula is C21H17BrN2O3S. The van der Waals surface area contributed by atoms with E-state index in [1.807, 2.05) is 28.6 Å². The Balaban J connectivity index is 1.61. The van der Waals surface area contributed by atoms with Gasteiger partial charge in [0.1, 0.15) is 17.2 Å². The fraction of sp³-hybridized carbons (Fsp3) is 0.190. The third-order valence-electron chi connectivity index (χ3n) is 5.09.